The lowest BCUT2D eigenvalue weighted by molar-refractivity contribution is -0.137. The van der Waals surface area contributed by atoms with E-state index in [0.29, 0.717) is 0 Å². The van der Waals surface area contributed by atoms with E-state index in [1.54, 1.807) is 6.07 Å². The van der Waals surface area contributed by atoms with Crippen LogP contribution in [0.25, 0.3) is 0 Å². The van der Waals surface area contributed by atoms with Crippen molar-refractivity contribution in [2.45, 2.75) is 26.0 Å². The van der Waals surface area contributed by atoms with Crippen LogP contribution in [0.1, 0.15) is 18.4 Å². The van der Waals surface area contributed by atoms with Gasteiger partial charge in [-0.05, 0) is 12.5 Å². The van der Waals surface area contributed by atoms with Gasteiger partial charge in [0.2, 0.25) is 10.0 Å². The molecule has 0 unspecified atom stereocenters. The number of hydrogen-bond acceptors (Lipinski definition) is 4. The molecule has 2 N–H and O–H groups in total. The summed E-state index contributed by atoms with van der Waals surface area (Å²) in [6.45, 7) is -3.21. The smallest absolute Gasteiger partial charge is 0.387 e. The molecule has 0 radical (unpaired) electrons. The third-order valence-corrected chi connectivity index (χ3v) is 3.89. The summed E-state index contributed by atoms with van der Waals surface area (Å²) in [5, 5.41) is 8.44. The zero-order valence-corrected chi connectivity index (χ0v) is 11.8. The van der Waals surface area contributed by atoms with Crippen molar-refractivity contribution >= 4 is 16.0 Å². The van der Waals surface area contributed by atoms with E-state index in [1.807, 2.05) is 0 Å². The Labute approximate surface area is 120 Å². The molecule has 1 aromatic carbocycles. The minimum atomic E-state index is -3.68. The Morgan fingerprint density at radius 2 is 2.00 bits per heavy atom. The fourth-order valence-electron chi connectivity index (χ4n) is 1.53. The molecule has 0 amide bonds. The number of sulfonamides is 1. The van der Waals surface area contributed by atoms with Crippen LogP contribution >= 0.6 is 0 Å². The first-order valence-electron chi connectivity index (χ1n) is 6.02. The number of carbonyl (C=O) groups is 1. The second kappa shape index (κ2) is 7.89. The number of carboxylic acids is 1. The predicted octanol–water partition coefficient (Wildman–Crippen LogP) is 1.57. The van der Waals surface area contributed by atoms with Crippen LogP contribution in [0.15, 0.2) is 24.3 Å². The minimum Gasteiger partial charge on any atom is -0.481 e. The molecule has 0 spiro atoms. The number of halogens is 2. The second-order valence-electron chi connectivity index (χ2n) is 4.12. The lowest BCUT2D eigenvalue weighted by Crippen LogP contribution is -2.26. The largest absolute Gasteiger partial charge is 0.481 e. The molecule has 1 aromatic rings. The molecular formula is C12H15F2NO5S. The van der Waals surface area contributed by atoms with Crippen molar-refractivity contribution in [3.8, 4) is 5.75 Å². The van der Waals surface area contributed by atoms with Gasteiger partial charge in [-0.15, -0.1) is 0 Å². The lowest BCUT2D eigenvalue weighted by atomic mass is 10.2. The van der Waals surface area contributed by atoms with E-state index in [-0.39, 0.29) is 36.5 Å². The van der Waals surface area contributed by atoms with Gasteiger partial charge in [-0.2, -0.15) is 8.78 Å². The van der Waals surface area contributed by atoms with Crippen LogP contribution in [0.4, 0.5) is 8.78 Å². The van der Waals surface area contributed by atoms with E-state index in [9.17, 15) is 22.0 Å². The number of benzene rings is 1. The Kier molecular flexibility index (Phi) is 6.50. The average Bonchev–Trinajstić information content (AvgIpc) is 2.36. The van der Waals surface area contributed by atoms with Crippen LogP contribution < -0.4 is 9.46 Å². The Hall–Kier alpha value is -1.74. The Bertz CT molecular complexity index is 577. The first kappa shape index (κ1) is 17.3. The summed E-state index contributed by atoms with van der Waals surface area (Å²) in [4.78, 5) is 10.3. The third-order valence-electron chi connectivity index (χ3n) is 2.47. The normalized spacial score (nSPS) is 11.6. The molecule has 9 heteroatoms. The van der Waals surface area contributed by atoms with Gasteiger partial charge in [-0.3, -0.25) is 4.79 Å². The number of aliphatic carboxylic acids is 1. The number of nitrogens with one attached hydrogen (secondary N) is 1. The van der Waals surface area contributed by atoms with Crippen molar-refractivity contribution in [1.82, 2.24) is 4.72 Å². The van der Waals surface area contributed by atoms with Gasteiger partial charge < -0.3 is 9.84 Å². The summed E-state index contributed by atoms with van der Waals surface area (Å²) in [6, 6.07) is 5.81. The summed E-state index contributed by atoms with van der Waals surface area (Å²) < 4.78 is 54.1. The molecule has 0 aliphatic heterocycles. The SMILES string of the molecule is O=C(O)CCCS(=O)(=O)NCc1ccccc1OC(F)F. The summed E-state index contributed by atoms with van der Waals surface area (Å²) >= 11 is 0. The van der Waals surface area contributed by atoms with Crippen molar-refractivity contribution in [3.05, 3.63) is 29.8 Å². The first-order valence-corrected chi connectivity index (χ1v) is 7.67. The second-order valence-corrected chi connectivity index (χ2v) is 6.05. The minimum absolute atomic E-state index is 0.0279. The maximum Gasteiger partial charge on any atom is 0.387 e. The van der Waals surface area contributed by atoms with Crippen molar-refractivity contribution in [3.63, 3.8) is 0 Å². The Morgan fingerprint density at radius 1 is 1.33 bits per heavy atom. The number of hydrogen-bond donors (Lipinski definition) is 2. The zero-order valence-electron chi connectivity index (χ0n) is 11.0. The maximum absolute atomic E-state index is 12.2. The van der Waals surface area contributed by atoms with E-state index in [1.165, 1.54) is 18.2 Å². The van der Waals surface area contributed by atoms with Gasteiger partial charge in [0.05, 0.1) is 5.75 Å². The van der Waals surface area contributed by atoms with E-state index >= 15 is 0 Å². The number of alkyl halides is 2. The molecule has 0 fully saturated rings. The van der Waals surface area contributed by atoms with Crippen LogP contribution in [0.5, 0.6) is 5.75 Å². The molecule has 0 heterocycles. The van der Waals surface area contributed by atoms with Crippen LogP contribution in [-0.4, -0.2) is 31.9 Å². The monoisotopic (exact) mass is 323 g/mol. The molecule has 0 bridgehead atoms. The fourth-order valence-corrected chi connectivity index (χ4v) is 2.58. The summed E-state index contributed by atoms with van der Waals surface area (Å²) in [5.41, 5.74) is 0.264. The van der Waals surface area contributed by atoms with Gasteiger partial charge in [0.25, 0.3) is 0 Å². The molecule has 21 heavy (non-hydrogen) atoms. The van der Waals surface area contributed by atoms with Gasteiger partial charge in [-0.1, -0.05) is 18.2 Å². The third kappa shape index (κ3) is 7.00. The molecule has 0 aromatic heterocycles. The topological polar surface area (TPSA) is 92.7 Å². The number of carboxylic acid groups (broad SMARTS) is 1. The standard InChI is InChI=1S/C12H15F2NO5S/c13-12(14)20-10-5-2-1-4-9(10)8-15-21(18,19)7-3-6-11(16)17/h1-2,4-5,12,15H,3,6-8H2,(H,16,17). The van der Waals surface area contributed by atoms with Gasteiger partial charge in [0.15, 0.2) is 0 Å². The molecule has 0 saturated heterocycles. The van der Waals surface area contributed by atoms with Gasteiger partial charge >= 0.3 is 12.6 Å². The highest BCUT2D eigenvalue weighted by molar-refractivity contribution is 7.89. The highest BCUT2D eigenvalue weighted by atomic mass is 32.2. The number of rotatable bonds is 9. The summed E-state index contributed by atoms with van der Waals surface area (Å²) in [5.74, 6) is -1.54. The van der Waals surface area contributed by atoms with Crippen molar-refractivity contribution in [2.24, 2.45) is 0 Å². The Balaban J connectivity index is 2.60. The van der Waals surface area contributed by atoms with Crippen molar-refractivity contribution in [1.29, 1.82) is 0 Å². The predicted molar refractivity (Wildman–Crippen MR) is 70.6 cm³/mol. The summed E-state index contributed by atoms with van der Waals surface area (Å²) in [6.07, 6.45) is -0.286. The Morgan fingerprint density at radius 3 is 2.62 bits per heavy atom. The molecule has 0 atom stereocenters. The van der Waals surface area contributed by atoms with Crippen LogP contribution in [0, 0.1) is 0 Å². The molecule has 0 aliphatic carbocycles. The molecule has 6 nitrogen and oxygen atoms in total. The fraction of sp³-hybridized carbons (Fsp3) is 0.417. The van der Waals surface area contributed by atoms with Crippen LogP contribution in [0.3, 0.4) is 0 Å². The summed E-state index contributed by atoms with van der Waals surface area (Å²) in [7, 11) is -3.68. The zero-order chi connectivity index (χ0) is 15.9. The molecule has 0 aliphatic rings. The molecule has 1 rings (SSSR count). The first-order chi connectivity index (χ1) is 9.80. The molecule has 0 saturated carbocycles. The maximum atomic E-state index is 12.2. The number of para-hydroxylation sites is 1. The van der Waals surface area contributed by atoms with E-state index in [2.05, 4.69) is 9.46 Å². The number of ether oxygens (including phenoxy) is 1. The van der Waals surface area contributed by atoms with Crippen LogP contribution in [-0.2, 0) is 21.4 Å². The highest BCUT2D eigenvalue weighted by Crippen LogP contribution is 2.20. The quantitative estimate of drug-likeness (QED) is 0.719. The average molecular weight is 323 g/mol. The lowest BCUT2D eigenvalue weighted by Gasteiger charge is -2.11. The van der Waals surface area contributed by atoms with E-state index in [4.69, 9.17) is 5.11 Å². The van der Waals surface area contributed by atoms with Gasteiger partial charge in [0.1, 0.15) is 5.75 Å². The van der Waals surface area contributed by atoms with Crippen LogP contribution in [0.2, 0.25) is 0 Å². The molecular weight excluding hydrogens is 308 g/mol. The van der Waals surface area contributed by atoms with E-state index < -0.39 is 22.6 Å². The van der Waals surface area contributed by atoms with E-state index in [0.717, 1.165) is 0 Å². The van der Waals surface area contributed by atoms with Crippen molar-refractivity contribution in [2.75, 3.05) is 5.75 Å². The van der Waals surface area contributed by atoms with Gasteiger partial charge in [0, 0.05) is 18.5 Å². The van der Waals surface area contributed by atoms with Gasteiger partial charge in [-0.25, -0.2) is 13.1 Å². The van der Waals surface area contributed by atoms with Crippen molar-refractivity contribution < 1.29 is 31.8 Å². The molecule has 118 valence electrons. The highest BCUT2D eigenvalue weighted by Gasteiger charge is 2.14.